The van der Waals surface area contributed by atoms with Crippen LogP contribution in [0.15, 0.2) is 54.9 Å². The third-order valence-electron chi connectivity index (χ3n) is 7.19. The van der Waals surface area contributed by atoms with Gasteiger partial charge in [-0.25, -0.2) is 4.98 Å². The molecule has 3 heterocycles. The lowest BCUT2D eigenvalue weighted by molar-refractivity contribution is -0.0404. The SMILES string of the molecule is CN1CC2CCC1([C@H](NC(=O)c1cccc3ncn(C)c13)c1ccccc1)CC2. The first-order valence-corrected chi connectivity index (χ1v) is 10.6. The predicted octanol–water partition coefficient (Wildman–Crippen LogP) is 3.92. The van der Waals surface area contributed by atoms with Gasteiger partial charge in [0.15, 0.2) is 0 Å². The number of amides is 1. The van der Waals surface area contributed by atoms with Crippen LogP contribution in [-0.2, 0) is 7.05 Å². The summed E-state index contributed by atoms with van der Waals surface area (Å²) >= 11 is 0. The summed E-state index contributed by atoms with van der Waals surface area (Å²) in [5.74, 6) is 0.778. The molecule has 0 radical (unpaired) electrons. The van der Waals surface area contributed by atoms with Crippen molar-refractivity contribution < 1.29 is 4.79 Å². The molecule has 5 heteroatoms. The van der Waals surface area contributed by atoms with E-state index in [4.69, 9.17) is 0 Å². The number of nitrogens with zero attached hydrogens (tertiary/aromatic N) is 3. The van der Waals surface area contributed by atoms with Crippen LogP contribution in [-0.4, -0.2) is 39.5 Å². The minimum Gasteiger partial charge on any atom is -0.343 e. The number of likely N-dealkylation sites (N-methyl/N-ethyl adjacent to an activating group) is 1. The standard InChI is InChI=1S/C24H28N4O/c1-27-16-25-20-10-6-9-19(21(20)27)23(29)26-22(18-7-4-3-5-8-18)24-13-11-17(12-14-24)15-28(24)2/h3-10,16-17,22H,11-15H2,1-2H3,(H,26,29)/t17?,22-,24?/m1/s1. The summed E-state index contributed by atoms with van der Waals surface area (Å²) in [5, 5.41) is 3.45. The van der Waals surface area contributed by atoms with Gasteiger partial charge in [-0.2, -0.15) is 0 Å². The van der Waals surface area contributed by atoms with Crippen LogP contribution in [0.4, 0.5) is 0 Å². The number of hydrogen-bond acceptors (Lipinski definition) is 3. The molecule has 3 fully saturated rings. The minimum atomic E-state index is -0.0362. The molecule has 2 bridgehead atoms. The highest BCUT2D eigenvalue weighted by molar-refractivity contribution is 6.05. The Bertz CT molecular complexity index is 1030. The largest absolute Gasteiger partial charge is 0.343 e. The van der Waals surface area contributed by atoms with Gasteiger partial charge in [0, 0.05) is 19.1 Å². The van der Waals surface area contributed by atoms with Crippen molar-refractivity contribution in [2.75, 3.05) is 13.6 Å². The number of para-hydroxylation sites is 1. The van der Waals surface area contributed by atoms with Crippen molar-refractivity contribution in [1.82, 2.24) is 19.8 Å². The van der Waals surface area contributed by atoms with Gasteiger partial charge < -0.3 is 9.88 Å². The Balaban J connectivity index is 1.55. The van der Waals surface area contributed by atoms with Crippen LogP contribution in [0.5, 0.6) is 0 Å². The van der Waals surface area contributed by atoms with E-state index in [1.54, 1.807) is 6.33 Å². The zero-order valence-corrected chi connectivity index (χ0v) is 17.1. The number of carbonyl (C=O) groups is 1. The van der Waals surface area contributed by atoms with E-state index >= 15 is 0 Å². The zero-order valence-electron chi connectivity index (χ0n) is 17.1. The third-order valence-corrected chi connectivity index (χ3v) is 7.19. The summed E-state index contributed by atoms with van der Waals surface area (Å²) in [6.45, 7) is 1.12. The monoisotopic (exact) mass is 388 g/mol. The highest BCUT2D eigenvalue weighted by Crippen LogP contribution is 2.49. The van der Waals surface area contributed by atoms with E-state index in [9.17, 15) is 4.79 Å². The van der Waals surface area contributed by atoms with Gasteiger partial charge in [-0.1, -0.05) is 36.4 Å². The van der Waals surface area contributed by atoms with Gasteiger partial charge in [-0.3, -0.25) is 9.69 Å². The molecule has 1 saturated carbocycles. The number of benzene rings is 2. The van der Waals surface area contributed by atoms with Crippen molar-refractivity contribution in [3.63, 3.8) is 0 Å². The van der Waals surface area contributed by atoms with E-state index < -0.39 is 0 Å². The summed E-state index contributed by atoms with van der Waals surface area (Å²) in [6, 6.07) is 16.2. The van der Waals surface area contributed by atoms with E-state index in [0.717, 1.165) is 36.3 Å². The Hall–Kier alpha value is -2.66. The van der Waals surface area contributed by atoms with E-state index in [1.165, 1.54) is 18.4 Å². The van der Waals surface area contributed by atoms with Crippen molar-refractivity contribution in [2.45, 2.75) is 37.3 Å². The fourth-order valence-electron chi connectivity index (χ4n) is 5.60. The van der Waals surface area contributed by atoms with Crippen LogP contribution < -0.4 is 5.32 Å². The molecular weight excluding hydrogens is 360 g/mol. The summed E-state index contributed by atoms with van der Waals surface area (Å²) in [4.78, 5) is 20.5. The third kappa shape index (κ3) is 2.96. The second kappa shape index (κ2) is 6.99. The summed E-state index contributed by atoms with van der Waals surface area (Å²) in [5.41, 5.74) is 3.59. The molecule has 0 spiro atoms. The van der Waals surface area contributed by atoms with Crippen LogP contribution in [0.2, 0.25) is 0 Å². The maximum Gasteiger partial charge on any atom is 0.254 e. The second-order valence-corrected chi connectivity index (χ2v) is 8.77. The Morgan fingerprint density at radius 1 is 1.10 bits per heavy atom. The van der Waals surface area contributed by atoms with Crippen molar-refractivity contribution in [1.29, 1.82) is 0 Å². The molecule has 6 rings (SSSR count). The quantitative estimate of drug-likeness (QED) is 0.737. The van der Waals surface area contributed by atoms with Gasteiger partial charge in [0.2, 0.25) is 0 Å². The first kappa shape index (κ1) is 18.4. The number of hydrogen-bond donors (Lipinski definition) is 1. The molecule has 1 N–H and O–H groups in total. The molecule has 3 aliphatic rings. The normalized spacial score (nSPS) is 25.2. The lowest BCUT2D eigenvalue weighted by Crippen LogP contribution is -2.62. The molecule has 2 aliphatic heterocycles. The predicted molar refractivity (Wildman–Crippen MR) is 115 cm³/mol. The Morgan fingerprint density at radius 3 is 2.59 bits per heavy atom. The molecule has 1 aromatic heterocycles. The molecule has 2 aromatic carbocycles. The molecule has 5 nitrogen and oxygen atoms in total. The molecule has 3 aromatic rings. The number of piperidine rings is 2. The highest BCUT2D eigenvalue weighted by Gasteiger charge is 2.50. The van der Waals surface area contributed by atoms with Gasteiger partial charge >= 0.3 is 0 Å². The van der Waals surface area contributed by atoms with Crippen LogP contribution in [0.25, 0.3) is 11.0 Å². The maximum absolute atomic E-state index is 13.5. The highest BCUT2D eigenvalue weighted by atomic mass is 16.1. The van der Waals surface area contributed by atoms with E-state index in [-0.39, 0.29) is 17.5 Å². The Morgan fingerprint density at radius 2 is 1.86 bits per heavy atom. The van der Waals surface area contributed by atoms with Crippen LogP contribution in [0.3, 0.4) is 0 Å². The molecular formula is C24H28N4O. The number of carbonyl (C=O) groups excluding carboxylic acids is 1. The number of fused-ring (bicyclic) bond motifs is 4. The van der Waals surface area contributed by atoms with Crippen LogP contribution >= 0.6 is 0 Å². The first-order valence-electron chi connectivity index (χ1n) is 10.6. The topological polar surface area (TPSA) is 50.2 Å². The fraction of sp³-hybridized carbons (Fsp3) is 0.417. The lowest BCUT2D eigenvalue weighted by Gasteiger charge is -2.57. The van der Waals surface area contributed by atoms with Crippen LogP contribution in [0.1, 0.15) is 47.6 Å². The van der Waals surface area contributed by atoms with Crippen molar-refractivity contribution in [3.05, 3.63) is 66.0 Å². The van der Waals surface area contributed by atoms with Gasteiger partial charge in [0.25, 0.3) is 5.91 Å². The summed E-state index contributed by atoms with van der Waals surface area (Å²) < 4.78 is 1.93. The minimum absolute atomic E-state index is 0.0217. The fourth-order valence-corrected chi connectivity index (χ4v) is 5.60. The Labute approximate surface area is 171 Å². The zero-order chi connectivity index (χ0) is 20.0. The number of imidazole rings is 1. The molecule has 0 unspecified atom stereocenters. The average molecular weight is 389 g/mol. The van der Waals surface area contributed by atoms with E-state index in [2.05, 4.69) is 46.5 Å². The van der Waals surface area contributed by atoms with Crippen molar-refractivity contribution in [2.24, 2.45) is 13.0 Å². The average Bonchev–Trinajstić information content (AvgIpc) is 3.14. The van der Waals surface area contributed by atoms with E-state index in [1.807, 2.05) is 35.9 Å². The van der Waals surface area contributed by atoms with Gasteiger partial charge in [-0.05, 0) is 56.3 Å². The van der Waals surface area contributed by atoms with Crippen LogP contribution in [0, 0.1) is 5.92 Å². The first-order chi connectivity index (χ1) is 14.1. The van der Waals surface area contributed by atoms with E-state index in [0.29, 0.717) is 5.56 Å². The maximum atomic E-state index is 13.5. The smallest absolute Gasteiger partial charge is 0.254 e. The summed E-state index contributed by atoms with van der Waals surface area (Å²) in [6.07, 6.45) is 6.53. The molecule has 1 atom stereocenters. The Kier molecular flexibility index (Phi) is 4.43. The molecule has 2 saturated heterocycles. The number of rotatable bonds is 4. The van der Waals surface area contributed by atoms with Crippen molar-refractivity contribution in [3.8, 4) is 0 Å². The van der Waals surface area contributed by atoms with Gasteiger partial charge in [0.05, 0.1) is 29.0 Å². The second-order valence-electron chi connectivity index (χ2n) is 8.77. The molecule has 1 aliphatic carbocycles. The van der Waals surface area contributed by atoms with Gasteiger partial charge in [0.1, 0.15) is 0 Å². The molecule has 29 heavy (non-hydrogen) atoms. The summed E-state index contributed by atoms with van der Waals surface area (Å²) in [7, 11) is 4.17. The number of nitrogens with one attached hydrogen (secondary N) is 1. The molecule has 1 amide bonds. The van der Waals surface area contributed by atoms with Gasteiger partial charge in [-0.15, -0.1) is 0 Å². The van der Waals surface area contributed by atoms with Crippen molar-refractivity contribution >= 4 is 16.9 Å². The number of aromatic nitrogens is 2. The lowest BCUT2D eigenvalue weighted by atomic mass is 9.66. The molecule has 150 valence electrons. The number of aryl methyl sites for hydroxylation is 1.